The van der Waals surface area contributed by atoms with Gasteiger partial charge in [-0.05, 0) is 68.5 Å². The molecule has 0 bridgehead atoms. The summed E-state index contributed by atoms with van der Waals surface area (Å²) in [5, 5.41) is 7.04. The molecule has 6 heteroatoms. The van der Waals surface area contributed by atoms with Crippen molar-refractivity contribution in [2.45, 2.75) is 38.0 Å². The summed E-state index contributed by atoms with van der Waals surface area (Å²) < 4.78 is 28.0. The third kappa shape index (κ3) is 3.24. The van der Waals surface area contributed by atoms with Gasteiger partial charge >= 0.3 is 0 Å². The molecule has 0 spiro atoms. The fourth-order valence-corrected chi connectivity index (χ4v) is 4.61. The molecule has 2 N–H and O–H groups in total. The van der Waals surface area contributed by atoms with E-state index >= 15 is 0 Å². The van der Waals surface area contributed by atoms with Crippen LogP contribution in [0.15, 0.2) is 47.4 Å². The fourth-order valence-electron chi connectivity index (χ4n) is 3.56. The van der Waals surface area contributed by atoms with Crippen LogP contribution in [0.25, 0.3) is 11.3 Å². The zero-order chi connectivity index (χ0) is 18.3. The van der Waals surface area contributed by atoms with Crippen LogP contribution >= 0.6 is 0 Å². The smallest absolute Gasteiger partial charge is 0.263 e. The van der Waals surface area contributed by atoms with Gasteiger partial charge in [0.2, 0.25) is 0 Å². The van der Waals surface area contributed by atoms with Crippen LogP contribution in [0.4, 0.5) is 5.82 Å². The second-order valence-electron chi connectivity index (χ2n) is 6.93. The molecule has 0 unspecified atom stereocenters. The summed E-state index contributed by atoms with van der Waals surface area (Å²) in [6, 6.07) is 13.3. The summed E-state index contributed by atoms with van der Waals surface area (Å²) in [6.07, 6.45) is 3.06. The van der Waals surface area contributed by atoms with Gasteiger partial charge in [0, 0.05) is 11.6 Å². The molecule has 1 heterocycles. The molecule has 1 aliphatic carbocycles. The number of fused-ring (bicyclic) bond motifs is 1. The van der Waals surface area contributed by atoms with Crippen LogP contribution < -0.4 is 4.72 Å². The Morgan fingerprint density at radius 3 is 2.46 bits per heavy atom. The van der Waals surface area contributed by atoms with Crippen LogP contribution in [-0.2, 0) is 22.9 Å². The van der Waals surface area contributed by atoms with Gasteiger partial charge in [-0.25, -0.2) is 8.42 Å². The number of hydrogen-bond acceptors (Lipinski definition) is 3. The van der Waals surface area contributed by atoms with Crippen molar-refractivity contribution >= 4 is 15.8 Å². The van der Waals surface area contributed by atoms with Crippen LogP contribution in [0, 0.1) is 13.8 Å². The van der Waals surface area contributed by atoms with Crippen LogP contribution in [0.5, 0.6) is 0 Å². The van der Waals surface area contributed by atoms with Gasteiger partial charge in [-0.2, -0.15) is 5.10 Å². The van der Waals surface area contributed by atoms with Crippen LogP contribution in [0.1, 0.15) is 28.7 Å². The maximum absolute atomic E-state index is 12.7. The van der Waals surface area contributed by atoms with Crippen molar-refractivity contribution in [1.29, 1.82) is 0 Å². The Balaban J connectivity index is 1.60. The monoisotopic (exact) mass is 367 g/mol. The van der Waals surface area contributed by atoms with E-state index < -0.39 is 10.0 Å². The minimum Gasteiger partial charge on any atom is -0.276 e. The van der Waals surface area contributed by atoms with E-state index in [0.29, 0.717) is 5.82 Å². The Kier molecular flexibility index (Phi) is 4.07. The number of anilines is 1. The summed E-state index contributed by atoms with van der Waals surface area (Å²) in [6.45, 7) is 4.06. The number of H-pyrrole nitrogens is 1. The lowest BCUT2D eigenvalue weighted by atomic mass is 10.1. The Bertz CT molecular complexity index is 1060. The normalized spacial score (nSPS) is 13.6. The summed E-state index contributed by atoms with van der Waals surface area (Å²) in [5.41, 5.74) is 6.44. The number of aromatic nitrogens is 2. The Morgan fingerprint density at radius 1 is 0.962 bits per heavy atom. The molecule has 0 aliphatic heterocycles. The van der Waals surface area contributed by atoms with Crippen LogP contribution in [0.3, 0.4) is 0 Å². The van der Waals surface area contributed by atoms with Crippen LogP contribution in [-0.4, -0.2) is 18.6 Å². The number of aromatic amines is 1. The van der Waals surface area contributed by atoms with Crippen molar-refractivity contribution in [3.63, 3.8) is 0 Å². The third-order valence-electron chi connectivity index (χ3n) is 4.73. The standard InChI is InChI=1S/C20H21N3O2S/c1-13-8-14(2)10-17(9-13)19-12-20(22-21-19)23-26(24,25)18-7-6-15-4-3-5-16(15)11-18/h6-12H,3-5H2,1-2H3,(H2,21,22,23). The van der Waals surface area contributed by atoms with Gasteiger partial charge in [-0.15, -0.1) is 0 Å². The molecular weight excluding hydrogens is 346 g/mol. The maximum Gasteiger partial charge on any atom is 0.263 e. The van der Waals surface area contributed by atoms with Crippen LogP contribution in [0.2, 0.25) is 0 Å². The first-order valence-corrected chi connectivity index (χ1v) is 10.2. The van der Waals surface area contributed by atoms with Gasteiger partial charge in [0.15, 0.2) is 5.82 Å². The highest BCUT2D eigenvalue weighted by atomic mass is 32.2. The van der Waals surface area contributed by atoms with E-state index in [-0.39, 0.29) is 4.90 Å². The highest BCUT2D eigenvalue weighted by Gasteiger charge is 2.19. The molecule has 0 saturated heterocycles. The SMILES string of the molecule is Cc1cc(C)cc(-c2cc(NS(=O)(=O)c3ccc4c(c3)CCC4)n[nH]2)c1. The van der Waals surface area contributed by atoms with E-state index in [1.807, 2.05) is 32.0 Å². The molecule has 1 aliphatic rings. The predicted molar refractivity (Wildman–Crippen MR) is 103 cm³/mol. The molecule has 1 aromatic heterocycles. The first kappa shape index (κ1) is 16.8. The van der Waals surface area contributed by atoms with Crippen molar-refractivity contribution in [3.05, 3.63) is 64.7 Å². The second-order valence-corrected chi connectivity index (χ2v) is 8.62. The average molecular weight is 367 g/mol. The van der Waals surface area contributed by atoms with Gasteiger partial charge in [0.1, 0.15) is 0 Å². The third-order valence-corrected chi connectivity index (χ3v) is 6.08. The lowest BCUT2D eigenvalue weighted by molar-refractivity contribution is 0.601. The second kappa shape index (κ2) is 6.29. The lowest BCUT2D eigenvalue weighted by Gasteiger charge is -2.07. The molecule has 0 atom stereocenters. The van der Waals surface area contributed by atoms with Crippen molar-refractivity contribution < 1.29 is 8.42 Å². The number of hydrogen-bond donors (Lipinski definition) is 2. The first-order chi connectivity index (χ1) is 12.4. The van der Waals surface area contributed by atoms with E-state index in [1.165, 1.54) is 5.56 Å². The molecule has 0 amide bonds. The molecule has 4 rings (SSSR count). The van der Waals surface area contributed by atoms with Crippen molar-refractivity contribution in [3.8, 4) is 11.3 Å². The molecule has 0 saturated carbocycles. The molecule has 2 aromatic carbocycles. The van der Waals surface area contributed by atoms with E-state index in [1.54, 1.807) is 18.2 Å². The molecule has 0 fully saturated rings. The fraction of sp³-hybridized carbons (Fsp3) is 0.250. The minimum atomic E-state index is -3.65. The Morgan fingerprint density at radius 2 is 1.69 bits per heavy atom. The number of aryl methyl sites for hydroxylation is 4. The number of rotatable bonds is 4. The first-order valence-electron chi connectivity index (χ1n) is 8.69. The molecule has 5 nitrogen and oxygen atoms in total. The number of sulfonamides is 1. The zero-order valence-corrected chi connectivity index (χ0v) is 15.7. The Labute approximate surface area is 153 Å². The van der Waals surface area contributed by atoms with E-state index in [0.717, 1.165) is 47.2 Å². The highest BCUT2D eigenvalue weighted by molar-refractivity contribution is 7.92. The summed E-state index contributed by atoms with van der Waals surface area (Å²) in [7, 11) is -3.65. The largest absolute Gasteiger partial charge is 0.276 e. The quantitative estimate of drug-likeness (QED) is 0.732. The van der Waals surface area contributed by atoms with Gasteiger partial charge in [0.25, 0.3) is 10.0 Å². The van der Waals surface area contributed by atoms with Gasteiger partial charge in [0.05, 0.1) is 10.6 Å². The molecular formula is C20H21N3O2S. The molecule has 26 heavy (non-hydrogen) atoms. The number of benzene rings is 2. The number of nitrogens with one attached hydrogen (secondary N) is 2. The van der Waals surface area contributed by atoms with E-state index in [2.05, 4.69) is 21.0 Å². The predicted octanol–water partition coefficient (Wildman–Crippen LogP) is 3.98. The topological polar surface area (TPSA) is 74.8 Å². The zero-order valence-electron chi connectivity index (χ0n) is 14.8. The van der Waals surface area contributed by atoms with Crippen molar-refractivity contribution in [2.75, 3.05) is 4.72 Å². The van der Waals surface area contributed by atoms with Crippen molar-refractivity contribution in [1.82, 2.24) is 10.2 Å². The van der Waals surface area contributed by atoms with Crippen molar-refractivity contribution in [2.24, 2.45) is 0 Å². The minimum absolute atomic E-state index is 0.286. The summed E-state index contributed by atoms with van der Waals surface area (Å²) >= 11 is 0. The highest BCUT2D eigenvalue weighted by Crippen LogP contribution is 2.27. The van der Waals surface area contributed by atoms with E-state index in [4.69, 9.17) is 0 Å². The van der Waals surface area contributed by atoms with Gasteiger partial charge in [-0.1, -0.05) is 23.3 Å². The molecule has 134 valence electrons. The molecule has 0 radical (unpaired) electrons. The number of nitrogens with zero attached hydrogens (tertiary/aromatic N) is 1. The summed E-state index contributed by atoms with van der Waals surface area (Å²) in [4.78, 5) is 0.286. The maximum atomic E-state index is 12.7. The van der Waals surface area contributed by atoms with E-state index in [9.17, 15) is 8.42 Å². The lowest BCUT2D eigenvalue weighted by Crippen LogP contribution is -2.13. The summed E-state index contributed by atoms with van der Waals surface area (Å²) in [5.74, 6) is 0.291. The average Bonchev–Trinajstić information content (AvgIpc) is 3.21. The van der Waals surface area contributed by atoms with Gasteiger partial charge < -0.3 is 0 Å². The molecule has 3 aromatic rings. The van der Waals surface area contributed by atoms with Gasteiger partial charge in [-0.3, -0.25) is 9.82 Å². The Hall–Kier alpha value is -2.60.